The summed E-state index contributed by atoms with van der Waals surface area (Å²) in [6, 6.07) is 6.41. The van der Waals surface area contributed by atoms with E-state index in [4.69, 9.17) is 4.74 Å². The lowest BCUT2D eigenvalue weighted by Crippen LogP contribution is -2.38. The molecule has 1 N–H and O–H groups in total. The van der Waals surface area contributed by atoms with Gasteiger partial charge in [0.05, 0.1) is 5.69 Å². The van der Waals surface area contributed by atoms with Crippen LogP contribution >= 0.6 is 11.8 Å². The van der Waals surface area contributed by atoms with Crippen molar-refractivity contribution in [1.29, 1.82) is 0 Å². The fourth-order valence-corrected chi connectivity index (χ4v) is 3.77. The largest absolute Gasteiger partial charge is 0.485 e. The van der Waals surface area contributed by atoms with E-state index in [0.717, 1.165) is 24.5 Å². The number of nitrogens with one attached hydrogen (secondary N) is 1. The summed E-state index contributed by atoms with van der Waals surface area (Å²) in [7, 11) is 0. The third kappa shape index (κ3) is 2.25. The maximum Gasteiger partial charge on any atom is 0.143 e. The number of ether oxygens (including phenoxy) is 1. The molecule has 3 heteroatoms. The van der Waals surface area contributed by atoms with Crippen LogP contribution in [0.4, 0.5) is 5.69 Å². The van der Waals surface area contributed by atoms with Crippen LogP contribution < -0.4 is 10.1 Å². The van der Waals surface area contributed by atoms with Crippen molar-refractivity contribution in [3.05, 3.63) is 23.8 Å². The first-order valence-electron chi connectivity index (χ1n) is 6.39. The van der Waals surface area contributed by atoms with Crippen molar-refractivity contribution in [2.45, 2.75) is 31.8 Å². The van der Waals surface area contributed by atoms with E-state index in [0.29, 0.717) is 0 Å². The van der Waals surface area contributed by atoms with Gasteiger partial charge in [0, 0.05) is 12.3 Å². The Labute approximate surface area is 107 Å². The summed E-state index contributed by atoms with van der Waals surface area (Å²) >= 11 is 2.01. The first-order chi connectivity index (χ1) is 8.27. The molecule has 0 aromatic heterocycles. The normalized spacial score (nSPS) is 27.4. The first-order valence-corrected chi connectivity index (χ1v) is 7.55. The topological polar surface area (TPSA) is 21.3 Å². The Balaban J connectivity index is 1.83. The molecule has 1 aromatic rings. The molecule has 0 radical (unpaired) electrons. The minimum absolute atomic E-state index is 0.0162. The zero-order chi connectivity index (χ0) is 11.7. The number of rotatable bonds is 2. The Morgan fingerprint density at radius 3 is 3.18 bits per heavy atom. The standard InChI is InChI=1S/C14H19NOS/c1-14(7-3-9-17-10-14)16-12-5-2-4-11-6-8-15-13(11)12/h2,4-5,15H,3,6-10H2,1H3. The number of anilines is 1. The molecule has 0 spiro atoms. The van der Waals surface area contributed by atoms with E-state index in [1.54, 1.807) is 0 Å². The molecule has 2 aliphatic rings. The third-order valence-electron chi connectivity index (χ3n) is 3.57. The zero-order valence-electron chi connectivity index (χ0n) is 10.3. The summed E-state index contributed by atoms with van der Waals surface area (Å²) in [5, 5.41) is 3.44. The van der Waals surface area contributed by atoms with Crippen molar-refractivity contribution in [3.8, 4) is 5.75 Å². The summed E-state index contributed by atoms with van der Waals surface area (Å²) in [6.07, 6.45) is 3.56. The van der Waals surface area contributed by atoms with Crippen LogP contribution in [-0.2, 0) is 6.42 Å². The fraction of sp³-hybridized carbons (Fsp3) is 0.571. The molecule has 0 aliphatic carbocycles. The molecule has 2 nitrogen and oxygen atoms in total. The highest BCUT2D eigenvalue weighted by atomic mass is 32.2. The molecule has 92 valence electrons. The highest BCUT2D eigenvalue weighted by Gasteiger charge is 2.30. The van der Waals surface area contributed by atoms with Gasteiger partial charge < -0.3 is 10.1 Å². The zero-order valence-corrected chi connectivity index (χ0v) is 11.1. The van der Waals surface area contributed by atoms with Gasteiger partial charge in [-0.2, -0.15) is 11.8 Å². The molecule has 2 aliphatic heterocycles. The van der Waals surface area contributed by atoms with Gasteiger partial charge in [0.15, 0.2) is 0 Å². The Morgan fingerprint density at radius 1 is 1.41 bits per heavy atom. The lowest BCUT2D eigenvalue weighted by atomic mass is 10.0. The van der Waals surface area contributed by atoms with Crippen molar-refractivity contribution in [3.63, 3.8) is 0 Å². The second-order valence-corrected chi connectivity index (χ2v) is 6.28. The van der Waals surface area contributed by atoms with Gasteiger partial charge in [-0.3, -0.25) is 0 Å². The molecule has 17 heavy (non-hydrogen) atoms. The van der Waals surface area contributed by atoms with Crippen LogP contribution in [-0.4, -0.2) is 23.7 Å². The lowest BCUT2D eigenvalue weighted by molar-refractivity contribution is 0.102. The van der Waals surface area contributed by atoms with Gasteiger partial charge in [-0.05, 0) is 43.6 Å². The predicted octanol–water partition coefficient (Wildman–Crippen LogP) is 3.32. The van der Waals surface area contributed by atoms with E-state index in [9.17, 15) is 0 Å². The minimum Gasteiger partial charge on any atom is -0.485 e. The first kappa shape index (κ1) is 11.3. The van der Waals surface area contributed by atoms with Crippen molar-refractivity contribution >= 4 is 17.4 Å². The molecular weight excluding hydrogens is 230 g/mol. The van der Waals surface area contributed by atoms with Crippen LogP contribution in [0.3, 0.4) is 0 Å². The van der Waals surface area contributed by atoms with Gasteiger partial charge in [-0.1, -0.05) is 12.1 Å². The number of hydrogen-bond acceptors (Lipinski definition) is 3. The summed E-state index contributed by atoms with van der Waals surface area (Å²) in [5.74, 6) is 3.44. The Kier molecular flexibility index (Phi) is 2.95. The fourth-order valence-electron chi connectivity index (χ4n) is 2.65. The van der Waals surface area contributed by atoms with Crippen molar-refractivity contribution in [1.82, 2.24) is 0 Å². The molecule has 1 fully saturated rings. The molecule has 1 unspecified atom stereocenters. The van der Waals surface area contributed by atoms with Crippen LogP contribution in [0.1, 0.15) is 25.3 Å². The second-order valence-electron chi connectivity index (χ2n) is 5.18. The van der Waals surface area contributed by atoms with Gasteiger partial charge in [0.2, 0.25) is 0 Å². The van der Waals surface area contributed by atoms with Gasteiger partial charge in [0.25, 0.3) is 0 Å². The van der Waals surface area contributed by atoms with E-state index in [1.165, 1.54) is 29.8 Å². The average Bonchev–Trinajstić information content (AvgIpc) is 2.79. The molecular formula is C14H19NOS. The molecule has 1 saturated heterocycles. The molecule has 0 saturated carbocycles. The van der Waals surface area contributed by atoms with E-state index < -0.39 is 0 Å². The maximum atomic E-state index is 6.30. The van der Waals surface area contributed by atoms with Gasteiger partial charge in [0.1, 0.15) is 11.4 Å². The van der Waals surface area contributed by atoms with E-state index in [-0.39, 0.29) is 5.60 Å². The number of benzene rings is 1. The van der Waals surface area contributed by atoms with Crippen LogP contribution in [0.25, 0.3) is 0 Å². The molecule has 1 atom stereocenters. The molecule has 0 bridgehead atoms. The summed E-state index contributed by atoms with van der Waals surface area (Å²) in [5.41, 5.74) is 2.64. The number of thioether (sulfide) groups is 1. The minimum atomic E-state index is 0.0162. The lowest BCUT2D eigenvalue weighted by Gasteiger charge is -2.34. The SMILES string of the molecule is CC1(Oc2cccc3c2NCC3)CCCSC1. The van der Waals surface area contributed by atoms with Crippen LogP contribution in [0, 0.1) is 0 Å². The van der Waals surface area contributed by atoms with E-state index >= 15 is 0 Å². The molecule has 1 aromatic carbocycles. The Morgan fingerprint density at radius 2 is 2.35 bits per heavy atom. The average molecular weight is 249 g/mol. The molecule has 2 heterocycles. The van der Waals surface area contributed by atoms with Gasteiger partial charge in [-0.25, -0.2) is 0 Å². The quantitative estimate of drug-likeness (QED) is 0.869. The number of fused-ring (bicyclic) bond motifs is 1. The highest BCUT2D eigenvalue weighted by molar-refractivity contribution is 7.99. The monoisotopic (exact) mass is 249 g/mol. The van der Waals surface area contributed by atoms with Crippen LogP contribution in [0.5, 0.6) is 5.75 Å². The highest BCUT2D eigenvalue weighted by Crippen LogP contribution is 2.38. The summed E-state index contributed by atoms with van der Waals surface area (Å²) in [4.78, 5) is 0. The van der Waals surface area contributed by atoms with E-state index in [2.05, 4.69) is 30.4 Å². The van der Waals surface area contributed by atoms with Crippen molar-refractivity contribution in [2.75, 3.05) is 23.4 Å². The van der Waals surface area contributed by atoms with Gasteiger partial charge in [-0.15, -0.1) is 0 Å². The Hall–Kier alpha value is -0.830. The van der Waals surface area contributed by atoms with Crippen LogP contribution in [0.2, 0.25) is 0 Å². The maximum absolute atomic E-state index is 6.30. The summed E-state index contributed by atoms with van der Waals surface area (Å²) < 4.78 is 6.30. The summed E-state index contributed by atoms with van der Waals surface area (Å²) in [6.45, 7) is 3.29. The smallest absolute Gasteiger partial charge is 0.143 e. The Bertz CT molecular complexity index is 413. The second kappa shape index (κ2) is 4.45. The number of hydrogen-bond donors (Lipinski definition) is 1. The number of para-hydroxylation sites is 1. The molecule has 3 rings (SSSR count). The van der Waals surface area contributed by atoms with E-state index in [1.807, 2.05) is 11.8 Å². The van der Waals surface area contributed by atoms with Crippen molar-refractivity contribution in [2.24, 2.45) is 0 Å². The van der Waals surface area contributed by atoms with Crippen molar-refractivity contribution < 1.29 is 4.74 Å². The third-order valence-corrected chi connectivity index (χ3v) is 4.96. The predicted molar refractivity (Wildman–Crippen MR) is 74.2 cm³/mol. The molecule has 0 amide bonds. The van der Waals surface area contributed by atoms with Crippen LogP contribution in [0.15, 0.2) is 18.2 Å². The van der Waals surface area contributed by atoms with Gasteiger partial charge >= 0.3 is 0 Å².